The number of nitrogens with zero attached hydrogens (tertiary/aromatic N) is 5. The van der Waals surface area contributed by atoms with Crippen LogP contribution in [-0.4, -0.2) is 24.3 Å². The lowest BCUT2D eigenvalue weighted by Gasteiger charge is -2.14. The second-order valence-corrected chi connectivity index (χ2v) is 14.4. The summed E-state index contributed by atoms with van der Waals surface area (Å²) in [6, 6.07) is 18.1. The van der Waals surface area contributed by atoms with Crippen molar-refractivity contribution in [3.05, 3.63) is 82.1 Å². The molecule has 1 aliphatic carbocycles. The summed E-state index contributed by atoms with van der Waals surface area (Å²) in [5.74, 6) is 0. The number of rotatable bonds is 2. The molecule has 2 aromatic carbocycles. The van der Waals surface area contributed by atoms with E-state index in [9.17, 15) is 0 Å². The molecule has 202 valence electrons. The summed E-state index contributed by atoms with van der Waals surface area (Å²) < 4.78 is 7.14. The molecule has 0 atom stereocenters. The Bertz CT molecular complexity index is 2120. The highest BCUT2D eigenvalue weighted by Gasteiger charge is 2.24. The third-order valence-corrected chi connectivity index (χ3v) is 11.9. The number of benzene rings is 2. The van der Waals surface area contributed by atoms with Crippen LogP contribution in [0.5, 0.6) is 0 Å². The van der Waals surface area contributed by atoms with Gasteiger partial charge in [-0.25, -0.2) is 9.97 Å². The number of thiophene rings is 1. The van der Waals surface area contributed by atoms with Crippen LogP contribution in [0.4, 0.5) is 0 Å². The SMILES string of the molecule is Cc1nc2c(s1)CCCCc1ccn(-c3ccc4sc5c(-c6nc7c(s6)-c6ccnn6CCC7)cccc5c4c3)c1-2. The van der Waals surface area contributed by atoms with Crippen molar-refractivity contribution in [2.24, 2.45) is 0 Å². The highest BCUT2D eigenvalue weighted by molar-refractivity contribution is 7.27. The number of hydrogen-bond acceptors (Lipinski definition) is 6. The number of aryl methyl sites for hydroxylation is 5. The minimum absolute atomic E-state index is 0.961. The van der Waals surface area contributed by atoms with Gasteiger partial charge in [0.1, 0.15) is 10.7 Å². The van der Waals surface area contributed by atoms with Crippen LogP contribution in [0.2, 0.25) is 0 Å². The smallest absolute Gasteiger partial charge is 0.125 e. The third kappa shape index (κ3) is 3.74. The maximum Gasteiger partial charge on any atom is 0.125 e. The second kappa shape index (κ2) is 9.21. The standard InChI is InChI=1S/C33H27N5S3/c1-19-35-29-28(39-19)10-3-2-6-20-14-17-37(30(20)29)21-11-12-27-24(18-21)22-7-4-8-23(31(22)40-27)33-36-25-9-5-16-38-26(13-15-34-38)32(25)41-33/h4,7-8,11-15,17-18H,2-3,5-6,9-10,16H2,1H3. The maximum atomic E-state index is 5.20. The van der Waals surface area contributed by atoms with Crippen molar-refractivity contribution >= 4 is 54.2 Å². The van der Waals surface area contributed by atoms with Gasteiger partial charge < -0.3 is 4.57 Å². The Balaban J connectivity index is 1.19. The van der Waals surface area contributed by atoms with Crippen LogP contribution < -0.4 is 0 Å². The van der Waals surface area contributed by atoms with Crippen LogP contribution in [0, 0.1) is 6.92 Å². The fraction of sp³-hybridized carbons (Fsp3) is 0.242. The molecule has 7 aromatic rings. The topological polar surface area (TPSA) is 48.5 Å². The lowest BCUT2D eigenvalue weighted by molar-refractivity contribution is 0.592. The molecule has 0 unspecified atom stereocenters. The molecule has 41 heavy (non-hydrogen) atoms. The minimum Gasteiger partial charge on any atom is -0.315 e. The molecule has 5 aromatic heterocycles. The summed E-state index contributed by atoms with van der Waals surface area (Å²) in [5.41, 5.74) is 8.75. The van der Waals surface area contributed by atoms with Gasteiger partial charge in [-0.1, -0.05) is 18.2 Å². The summed E-state index contributed by atoms with van der Waals surface area (Å²) in [5, 5.41) is 9.43. The van der Waals surface area contributed by atoms with E-state index in [1.54, 1.807) is 0 Å². The molecule has 0 bridgehead atoms. The van der Waals surface area contributed by atoms with E-state index in [-0.39, 0.29) is 0 Å². The number of hydrogen-bond donors (Lipinski definition) is 0. The summed E-state index contributed by atoms with van der Waals surface area (Å²) in [4.78, 5) is 12.9. The Morgan fingerprint density at radius 1 is 0.854 bits per heavy atom. The quantitative estimate of drug-likeness (QED) is 0.202. The zero-order chi connectivity index (χ0) is 27.1. The van der Waals surface area contributed by atoms with E-state index >= 15 is 0 Å². The van der Waals surface area contributed by atoms with Crippen LogP contribution in [0.3, 0.4) is 0 Å². The van der Waals surface area contributed by atoms with E-state index in [0.29, 0.717) is 0 Å². The van der Waals surface area contributed by atoms with Gasteiger partial charge in [0.05, 0.1) is 27.0 Å². The monoisotopic (exact) mass is 589 g/mol. The van der Waals surface area contributed by atoms with Gasteiger partial charge in [-0.3, -0.25) is 4.68 Å². The zero-order valence-corrected chi connectivity index (χ0v) is 25.1. The Hall–Kier alpha value is -3.59. The van der Waals surface area contributed by atoms with Crippen molar-refractivity contribution in [2.45, 2.75) is 52.0 Å². The molecule has 5 nitrogen and oxygen atoms in total. The first-order valence-electron chi connectivity index (χ1n) is 14.4. The predicted octanol–water partition coefficient (Wildman–Crippen LogP) is 9.09. The molecule has 0 fully saturated rings. The molecular formula is C33H27N5S3. The molecule has 0 amide bonds. The van der Waals surface area contributed by atoms with E-state index in [0.717, 1.165) is 42.2 Å². The van der Waals surface area contributed by atoms with Gasteiger partial charge in [-0.15, -0.1) is 34.0 Å². The summed E-state index contributed by atoms with van der Waals surface area (Å²) in [6.07, 6.45) is 11.0. The normalized spacial score (nSPS) is 14.8. The molecule has 1 aliphatic heterocycles. The van der Waals surface area contributed by atoms with Crippen LogP contribution >= 0.6 is 34.0 Å². The first-order valence-corrected chi connectivity index (χ1v) is 16.8. The van der Waals surface area contributed by atoms with Gasteiger partial charge in [0.25, 0.3) is 0 Å². The summed E-state index contributed by atoms with van der Waals surface area (Å²) >= 11 is 5.56. The lowest BCUT2D eigenvalue weighted by Crippen LogP contribution is -2.02. The van der Waals surface area contributed by atoms with E-state index in [1.165, 1.54) is 82.4 Å². The largest absolute Gasteiger partial charge is 0.315 e. The molecule has 0 saturated carbocycles. The zero-order valence-electron chi connectivity index (χ0n) is 22.7. The lowest BCUT2D eigenvalue weighted by atomic mass is 10.0. The molecule has 2 aliphatic rings. The molecule has 8 heteroatoms. The molecule has 0 spiro atoms. The van der Waals surface area contributed by atoms with E-state index < -0.39 is 0 Å². The van der Waals surface area contributed by atoms with E-state index in [4.69, 9.17) is 9.97 Å². The van der Waals surface area contributed by atoms with Crippen LogP contribution in [-0.2, 0) is 25.8 Å². The summed E-state index contributed by atoms with van der Waals surface area (Å²) in [6.45, 7) is 3.10. The Kier molecular flexibility index (Phi) is 5.40. The molecule has 0 radical (unpaired) electrons. The van der Waals surface area contributed by atoms with Gasteiger partial charge in [-0.2, -0.15) is 5.10 Å². The Morgan fingerprint density at radius 3 is 2.78 bits per heavy atom. The maximum absolute atomic E-state index is 5.20. The van der Waals surface area contributed by atoms with Crippen LogP contribution in [0.1, 0.15) is 40.4 Å². The third-order valence-electron chi connectivity index (χ3n) is 8.52. The average Bonchev–Trinajstić information content (AvgIpc) is 3.79. The fourth-order valence-corrected chi connectivity index (χ4v) is 10.0. The van der Waals surface area contributed by atoms with Gasteiger partial charge in [0.2, 0.25) is 0 Å². The van der Waals surface area contributed by atoms with Crippen molar-refractivity contribution in [3.63, 3.8) is 0 Å². The average molecular weight is 590 g/mol. The first-order chi connectivity index (χ1) is 20.2. The number of aromatic nitrogens is 5. The molecular weight excluding hydrogens is 563 g/mol. The number of thiazole rings is 2. The summed E-state index contributed by atoms with van der Waals surface area (Å²) in [7, 11) is 0. The second-order valence-electron chi connectivity index (χ2n) is 11.1. The number of fused-ring (bicyclic) bond motifs is 9. The Labute approximate surface area is 249 Å². The van der Waals surface area contributed by atoms with Gasteiger partial charge >= 0.3 is 0 Å². The van der Waals surface area contributed by atoms with Crippen molar-refractivity contribution in [2.75, 3.05) is 0 Å². The molecule has 0 N–H and O–H groups in total. The van der Waals surface area contributed by atoms with Gasteiger partial charge in [-0.05, 0) is 81.3 Å². The highest BCUT2D eigenvalue weighted by Crippen LogP contribution is 2.45. The highest BCUT2D eigenvalue weighted by atomic mass is 32.1. The van der Waals surface area contributed by atoms with Gasteiger partial charge in [0.15, 0.2) is 0 Å². The Morgan fingerprint density at radius 2 is 1.80 bits per heavy atom. The van der Waals surface area contributed by atoms with E-state index in [2.05, 4.69) is 76.0 Å². The van der Waals surface area contributed by atoms with Crippen molar-refractivity contribution in [1.82, 2.24) is 24.3 Å². The van der Waals surface area contributed by atoms with Crippen LogP contribution in [0.15, 0.2) is 60.9 Å². The van der Waals surface area contributed by atoms with Crippen molar-refractivity contribution in [3.8, 4) is 38.2 Å². The molecule has 0 saturated heterocycles. The molecule has 9 rings (SSSR count). The fourth-order valence-electron chi connectivity index (χ4n) is 6.62. The minimum atomic E-state index is 0.961. The van der Waals surface area contributed by atoms with Gasteiger partial charge in [0, 0.05) is 55.2 Å². The first kappa shape index (κ1) is 24.1. The molecule has 6 heterocycles. The van der Waals surface area contributed by atoms with Crippen molar-refractivity contribution < 1.29 is 0 Å². The predicted molar refractivity (Wildman–Crippen MR) is 172 cm³/mol. The van der Waals surface area contributed by atoms with Crippen molar-refractivity contribution in [1.29, 1.82) is 0 Å². The van der Waals surface area contributed by atoms with Crippen LogP contribution in [0.25, 0.3) is 58.4 Å². The van der Waals surface area contributed by atoms with E-state index in [1.807, 2.05) is 40.2 Å².